The quantitative estimate of drug-likeness (QED) is 0.882. The summed E-state index contributed by atoms with van der Waals surface area (Å²) in [6.45, 7) is 0. The van der Waals surface area contributed by atoms with Crippen LogP contribution in [0.5, 0.6) is 0 Å². The fraction of sp³-hybridized carbons (Fsp3) is 0. The maximum Gasteiger partial charge on any atom is 0.297 e. The summed E-state index contributed by atoms with van der Waals surface area (Å²) in [5, 5.41) is 15.6. The second-order valence-corrected chi connectivity index (χ2v) is 4.66. The lowest BCUT2D eigenvalue weighted by Gasteiger charge is -2.07. The average molecular weight is 337 g/mol. The van der Waals surface area contributed by atoms with E-state index in [0.29, 0.717) is 20.2 Å². The molecule has 2 aromatic rings. The molecule has 0 aliphatic carbocycles. The third kappa shape index (κ3) is 2.74. The van der Waals surface area contributed by atoms with Gasteiger partial charge in [-0.3, -0.25) is 4.79 Å². The van der Waals surface area contributed by atoms with Crippen molar-refractivity contribution in [3.05, 3.63) is 32.5 Å². The molecule has 17 heavy (non-hydrogen) atoms. The number of anilines is 1. The molecular formula is C8H4BrCl2N5O. The summed E-state index contributed by atoms with van der Waals surface area (Å²) in [6, 6.07) is 3.22. The molecule has 1 heterocycles. The lowest BCUT2D eigenvalue weighted by Crippen LogP contribution is -2.14. The van der Waals surface area contributed by atoms with Gasteiger partial charge in [0.2, 0.25) is 0 Å². The number of nitrogens with one attached hydrogen (secondary N) is 2. The van der Waals surface area contributed by atoms with E-state index < -0.39 is 5.91 Å². The second kappa shape index (κ2) is 4.99. The third-order valence-corrected chi connectivity index (χ3v) is 2.85. The zero-order valence-corrected chi connectivity index (χ0v) is 11.1. The van der Waals surface area contributed by atoms with E-state index in [-0.39, 0.29) is 5.82 Å². The van der Waals surface area contributed by atoms with Crippen LogP contribution in [0.25, 0.3) is 0 Å². The van der Waals surface area contributed by atoms with Crippen molar-refractivity contribution in [1.29, 1.82) is 0 Å². The van der Waals surface area contributed by atoms with Gasteiger partial charge in [-0.2, -0.15) is 5.21 Å². The van der Waals surface area contributed by atoms with E-state index in [0.717, 1.165) is 0 Å². The standard InChI is InChI=1S/C8H4BrCl2N5O/c9-3-1-4(10)6(5(11)2-3)12-8(17)7-13-15-16-14-7/h1-2H,(H,12,17)(H,13,14,15,16). The van der Waals surface area contributed by atoms with Gasteiger partial charge in [0.15, 0.2) is 0 Å². The van der Waals surface area contributed by atoms with Gasteiger partial charge in [0.25, 0.3) is 11.7 Å². The van der Waals surface area contributed by atoms with Crippen LogP contribution in [0.3, 0.4) is 0 Å². The number of tetrazole rings is 1. The Labute approximate surface area is 114 Å². The smallest absolute Gasteiger partial charge is 0.297 e. The van der Waals surface area contributed by atoms with Gasteiger partial charge in [-0.1, -0.05) is 39.1 Å². The minimum Gasteiger partial charge on any atom is -0.317 e. The summed E-state index contributed by atoms with van der Waals surface area (Å²) in [5.74, 6) is -0.648. The summed E-state index contributed by atoms with van der Waals surface area (Å²) < 4.78 is 0.713. The van der Waals surface area contributed by atoms with Crippen LogP contribution in [0, 0.1) is 0 Å². The first-order valence-electron chi connectivity index (χ1n) is 4.27. The Kier molecular flexibility index (Phi) is 3.60. The first kappa shape index (κ1) is 12.3. The Hall–Kier alpha value is -1.18. The van der Waals surface area contributed by atoms with Gasteiger partial charge in [-0.05, 0) is 17.3 Å². The molecule has 0 atom stereocenters. The topological polar surface area (TPSA) is 83.6 Å². The van der Waals surface area contributed by atoms with Gasteiger partial charge in [0.1, 0.15) is 0 Å². The Bertz CT molecular complexity index is 536. The molecule has 1 aromatic heterocycles. The van der Waals surface area contributed by atoms with E-state index in [4.69, 9.17) is 23.2 Å². The molecule has 1 aromatic carbocycles. The molecule has 0 spiro atoms. The maximum absolute atomic E-state index is 11.6. The van der Waals surface area contributed by atoms with Crippen LogP contribution < -0.4 is 5.32 Å². The molecule has 2 N–H and O–H groups in total. The number of rotatable bonds is 2. The molecule has 0 bridgehead atoms. The number of nitrogens with zero attached hydrogens (tertiary/aromatic N) is 3. The molecule has 0 aliphatic heterocycles. The zero-order valence-electron chi connectivity index (χ0n) is 8.04. The zero-order chi connectivity index (χ0) is 12.4. The van der Waals surface area contributed by atoms with Crippen molar-refractivity contribution in [1.82, 2.24) is 20.6 Å². The number of aromatic nitrogens is 4. The number of aromatic amines is 1. The highest BCUT2D eigenvalue weighted by atomic mass is 79.9. The Morgan fingerprint density at radius 1 is 1.35 bits per heavy atom. The summed E-state index contributed by atoms with van der Waals surface area (Å²) in [6.07, 6.45) is 0. The van der Waals surface area contributed by atoms with Crippen molar-refractivity contribution in [3.8, 4) is 0 Å². The predicted octanol–water partition coefficient (Wildman–Crippen LogP) is 2.52. The first-order valence-corrected chi connectivity index (χ1v) is 5.82. The average Bonchev–Trinajstić information content (AvgIpc) is 2.76. The van der Waals surface area contributed by atoms with Crippen molar-refractivity contribution in [2.45, 2.75) is 0 Å². The molecule has 0 aliphatic rings. The monoisotopic (exact) mass is 335 g/mol. The molecule has 88 valence electrons. The van der Waals surface area contributed by atoms with Crippen molar-refractivity contribution < 1.29 is 4.79 Å². The van der Waals surface area contributed by atoms with E-state index in [1.807, 2.05) is 0 Å². The Morgan fingerprint density at radius 3 is 2.53 bits per heavy atom. The summed E-state index contributed by atoms with van der Waals surface area (Å²) >= 11 is 15.1. The lowest BCUT2D eigenvalue weighted by atomic mass is 10.3. The molecule has 0 radical (unpaired) electrons. The molecule has 1 amide bonds. The molecule has 6 nitrogen and oxygen atoms in total. The molecule has 0 unspecified atom stereocenters. The fourth-order valence-corrected chi connectivity index (χ4v) is 2.39. The lowest BCUT2D eigenvalue weighted by molar-refractivity contribution is 0.101. The fourth-order valence-electron chi connectivity index (χ4n) is 1.09. The van der Waals surface area contributed by atoms with Gasteiger partial charge in [-0.25, -0.2) is 0 Å². The molecule has 0 saturated heterocycles. The molecule has 0 saturated carbocycles. The number of carbonyl (C=O) groups is 1. The third-order valence-electron chi connectivity index (χ3n) is 1.79. The summed E-state index contributed by atoms with van der Waals surface area (Å²) in [7, 11) is 0. The number of hydrogen-bond donors (Lipinski definition) is 2. The van der Waals surface area contributed by atoms with Crippen LogP contribution in [0.2, 0.25) is 10.0 Å². The van der Waals surface area contributed by atoms with Gasteiger partial charge >= 0.3 is 0 Å². The van der Waals surface area contributed by atoms with E-state index in [9.17, 15) is 4.79 Å². The van der Waals surface area contributed by atoms with Gasteiger partial charge in [0.05, 0.1) is 15.7 Å². The largest absolute Gasteiger partial charge is 0.317 e. The van der Waals surface area contributed by atoms with Crippen LogP contribution in [-0.4, -0.2) is 26.5 Å². The number of amides is 1. The van der Waals surface area contributed by atoms with Crippen molar-refractivity contribution in [2.75, 3.05) is 5.32 Å². The number of benzene rings is 1. The van der Waals surface area contributed by atoms with Crippen molar-refractivity contribution in [2.24, 2.45) is 0 Å². The second-order valence-electron chi connectivity index (χ2n) is 2.93. The summed E-state index contributed by atoms with van der Waals surface area (Å²) in [4.78, 5) is 11.6. The highest BCUT2D eigenvalue weighted by Crippen LogP contribution is 2.33. The highest BCUT2D eigenvalue weighted by Gasteiger charge is 2.15. The molecule has 9 heteroatoms. The van der Waals surface area contributed by atoms with Crippen molar-refractivity contribution in [3.63, 3.8) is 0 Å². The normalized spacial score (nSPS) is 10.3. The van der Waals surface area contributed by atoms with Crippen LogP contribution in [0.1, 0.15) is 10.6 Å². The van der Waals surface area contributed by atoms with Crippen LogP contribution in [0.15, 0.2) is 16.6 Å². The van der Waals surface area contributed by atoms with Gasteiger partial charge < -0.3 is 5.32 Å². The first-order chi connectivity index (χ1) is 8.08. The number of H-pyrrole nitrogens is 1. The van der Waals surface area contributed by atoms with Crippen molar-refractivity contribution >= 4 is 50.7 Å². The SMILES string of the molecule is O=C(Nc1c(Cl)cc(Br)cc1Cl)c1nn[nH]n1. The van der Waals surface area contributed by atoms with E-state index in [1.54, 1.807) is 12.1 Å². The van der Waals surface area contributed by atoms with E-state index in [2.05, 4.69) is 41.9 Å². The number of hydrogen-bond acceptors (Lipinski definition) is 4. The highest BCUT2D eigenvalue weighted by molar-refractivity contribution is 9.10. The van der Waals surface area contributed by atoms with E-state index in [1.165, 1.54) is 0 Å². The van der Waals surface area contributed by atoms with Gasteiger partial charge in [-0.15, -0.1) is 10.2 Å². The van der Waals surface area contributed by atoms with Gasteiger partial charge in [0, 0.05) is 4.47 Å². The van der Waals surface area contributed by atoms with Crippen LogP contribution in [0.4, 0.5) is 5.69 Å². The maximum atomic E-state index is 11.6. The Balaban J connectivity index is 2.28. The minimum atomic E-state index is -0.551. The number of carbonyl (C=O) groups excluding carboxylic acids is 1. The Morgan fingerprint density at radius 2 is 2.00 bits per heavy atom. The number of halogens is 3. The predicted molar refractivity (Wildman–Crippen MR) is 66.3 cm³/mol. The molecule has 2 rings (SSSR count). The minimum absolute atomic E-state index is 0.0972. The van der Waals surface area contributed by atoms with Crippen LogP contribution >= 0.6 is 39.1 Å². The van der Waals surface area contributed by atoms with Crippen LogP contribution in [-0.2, 0) is 0 Å². The van der Waals surface area contributed by atoms with E-state index >= 15 is 0 Å². The summed E-state index contributed by atoms with van der Waals surface area (Å²) in [5.41, 5.74) is 0.298. The molecular weight excluding hydrogens is 333 g/mol. The molecule has 0 fully saturated rings.